The van der Waals surface area contributed by atoms with Gasteiger partial charge in [-0.25, -0.2) is 4.79 Å². The van der Waals surface area contributed by atoms with E-state index in [9.17, 15) is 19.2 Å². The van der Waals surface area contributed by atoms with E-state index in [0.29, 0.717) is 5.56 Å². The zero-order valence-electron chi connectivity index (χ0n) is 11.6. The van der Waals surface area contributed by atoms with Gasteiger partial charge in [-0.3, -0.25) is 14.4 Å². The maximum Gasteiger partial charge on any atom is 0.335 e. The lowest BCUT2D eigenvalue weighted by molar-refractivity contribution is -0.151. The lowest BCUT2D eigenvalue weighted by atomic mass is 9.96. The second-order valence-electron chi connectivity index (χ2n) is 4.67. The monoisotopic (exact) mass is 300 g/mol. The Morgan fingerprint density at radius 1 is 1.18 bits per heavy atom. The van der Waals surface area contributed by atoms with Crippen LogP contribution in [0.15, 0.2) is 42.2 Å². The van der Waals surface area contributed by atoms with Gasteiger partial charge in [0.2, 0.25) is 0 Å². The molecule has 1 aliphatic heterocycles. The van der Waals surface area contributed by atoms with E-state index in [-0.39, 0.29) is 11.3 Å². The van der Waals surface area contributed by atoms with Gasteiger partial charge in [-0.05, 0) is 30.7 Å². The summed E-state index contributed by atoms with van der Waals surface area (Å²) in [7, 11) is 0. The van der Waals surface area contributed by atoms with E-state index in [1.165, 1.54) is 37.3 Å². The molecule has 1 N–H and O–H groups in total. The molecule has 6 heteroatoms. The predicted molar refractivity (Wildman–Crippen MR) is 75.8 cm³/mol. The van der Waals surface area contributed by atoms with Crippen LogP contribution >= 0.6 is 0 Å². The summed E-state index contributed by atoms with van der Waals surface area (Å²) in [6.45, 7) is 1.45. The lowest BCUT2D eigenvalue weighted by Crippen LogP contribution is -2.34. The van der Waals surface area contributed by atoms with Crippen LogP contribution in [0.4, 0.5) is 0 Å². The van der Waals surface area contributed by atoms with Crippen molar-refractivity contribution in [2.24, 2.45) is 5.92 Å². The fourth-order valence-corrected chi connectivity index (χ4v) is 1.91. The Morgan fingerprint density at radius 3 is 2.36 bits per heavy atom. The fourth-order valence-electron chi connectivity index (χ4n) is 1.91. The molecule has 112 valence electrons. The summed E-state index contributed by atoms with van der Waals surface area (Å²) >= 11 is 0. The van der Waals surface area contributed by atoms with Crippen LogP contribution in [0.2, 0.25) is 0 Å². The average molecular weight is 300 g/mol. The molecule has 0 saturated heterocycles. The molecule has 0 bridgehead atoms. The van der Waals surface area contributed by atoms with Crippen molar-refractivity contribution in [1.82, 2.24) is 0 Å². The number of esters is 1. The molecule has 0 radical (unpaired) electrons. The second-order valence-corrected chi connectivity index (χ2v) is 4.67. The van der Waals surface area contributed by atoms with E-state index in [0.717, 1.165) is 12.2 Å². The van der Waals surface area contributed by atoms with Crippen LogP contribution in [-0.4, -0.2) is 28.6 Å². The van der Waals surface area contributed by atoms with Gasteiger partial charge in [-0.1, -0.05) is 18.2 Å². The van der Waals surface area contributed by atoms with Crippen LogP contribution in [0.5, 0.6) is 0 Å². The number of hydrogen-bond donors (Lipinski definition) is 1. The molecule has 22 heavy (non-hydrogen) atoms. The Balaban J connectivity index is 2.13. The standard InChI is InChI=1S/C16H12O6/c1-9-8-13(18)14(16(21)22-9)12(17)7-4-10-2-5-11(6-3-10)15(19)20/h2-8,14H,1H3,(H,19,20)/b7-4-/t14-/m0/s1. The maximum atomic E-state index is 11.9. The number of carbonyl (C=O) groups excluding carboxylic acids is 3. The topological polar surface area (TPSA) is 97.7 Å². The highest BCUT2D eigenvalue weighted by molar-refractivity contribution is 6.25. The number of ether oxygens (including phenoxy) is 1. The van der Waals surface area contributed by atoms with Gasteiger partial charge in [0.25, 0.3) is 0 Å². The number of carboxylic acid groups (broad SMARTS) is 1. The first-order valence-electron chi connectivity index (χ1n) is 6.37. The first kappa shape index (κ1) is 15.4. The van der Waals surface area contributed by atoms with Crippen LogP contribution in [-0.2, 0) is 19.1 Å². The Kier molecular flexibility index (Phi) is 4.31. The SMILES string of the molecule is CC1=CC(=O)[C@H](C(=O)/C=C\c2ccc(C(=O)O)cc2)C(=O)O1. The first-order valence-corrected chi connectivity index (χ1v) is 6.37. The van der Waals surface area contributed by atoms with Gasteiger partial charge in [0.1, 0.15) is 5.76 Å². The molecular weight excluding hydrogens is 288 g/mol. The molecular formula is C16H12O6. The third-order valence-electron chi connectivity index (χ3n) is 3.01. The van der Waals surface area contributed by atoms with Crippen LogP contribution in [0.1, 0.15) is 22.8 Å². The largest absolute Gasteiger partial charge is 0.478 e. The second kappa shape index (κ2) is 6.17. The molecule has 1 heterocycles. The average Bonchev–Trinajstić information content (AvgIpc) is 2.44. The van der Waals surface area contributed by atoms with Crippen molar-refractivity contribution in [2.45, 2.75) is 6.92 Å². The van der Waals surface area contributed by atoms with Crippen molar-refractivity contribution in [1.29, 1.82) is 0 Å². The molecule has 0 saturated carbocycles. The summed E-state index contributed by atoms with van der Waals surface area (Å²) in [4.78, 5) is 45.9. The Morgan fingerprint density at radius 2 is 1.82 bits per heavy atom. The quantitative estimate of drug-likeness (QED) is 0.515. The van der Waals surface area contributed by atoms with Gasteiger partial charge in [-0.15, -0.1) is 0 Å². The van der Waals surface area contributed by atoms with E-state index in [1.807, 2.05) is 0 Å². The molecule has 1 aliphatic rings. The van der Waals surface area contributed by atoms with Crippen molar-refractivity contribution < 1.29 is 29.0 Å². The van der Waals surface area contributed by atoms with Crippen molar-refractivity contribution >= 4 is 29.6 Å². The van der Waals surface area contributed by atoms with Crippen molar-refractivity contribution in [3.05, 3.63) is 53.3 Å². The van der Waals surface area contributed by atoms with Gasteiger partial charge in [-0.2, -0.15) is 0 Å². The molecule has 0 aromatic heterocycles. The number of allylic oxidation sites excluding steroid dienone is 3. The summed E-state index contributed by atoms with van der Waals surface area (Å²) in [6, 6.07) is 5.80. The van der Waals surface area contributed by atoms with Crippen molar-refractivity contribution in [2.75, 3.05) is 0 Å². The number of carbonyl (C=O) groups is 4. The summed E-state index contributed by atoms with van der Waals surface area (Å²) in [5.41, 5.74) is 0.692. The van der Waals surface area contributed by atoms with Crippen LogP contribution < -0.4 is 0 Å². The van der Waals surface area contributed by atoms with Gasteiger partial charge >= 0.3 is 11.9 Å². The van der Waals surface area contributed by atoms with E-state index in [1.54, 1.807) is 0 Å². The number of cyclic esters (lactones) is 1. The van der Waals surface area contributed by atoms with Gasteiger partial charge in [0, 0.05) is 6.08 Å². The molecule has 0 fully saturated rings. The number of ketones is 2. The summed E-state index contributed by atoms with van der Waals surface area (Å²) in [5, 5.41) is 8.78. The third-order valence-corrected chi connectivity index (χ3v) is 3.01. The first-order chi connectivity index (χ1) is 10.4. The van der Waals surface area contributed by atoms with E-state index in [4.69, 9.17) is 9.84 Å². The molecule has 2 rings (SSSR count). The summed E-state index contributed by atoms with van der Waals surface area (Å²) in [5.74, 6) is -4.54. The predicted octanol–water partition coefficient (Wildman–Crippen LogP) is 1.61. The Bertz CT molecular complexity index is 709. The Labute approximate surface area is 125 Å². The molecule has 1 aromatic rings. The third kappa shape index (κ3) is 3.35. The molecule has 0 spiro atoms. The van der Waals surface area contributed by atoms with Crippen LogP contribution in [0.3, 0.4) is 0 Å². The van der Waals surface area contributed by atoms with Gasteiger partial charge < -0.3 is 9.84 Å². The smallest absolute Gasteiger partial charge is 0.335 e. The molecule has 0 amide bonds. The molecule has 1 aromatic carbocycles. The molecule has 1 atom stereocenters. The summed E-state index contributed by atoms with van der Waals surface area (Å²) < 4.78 is 4.77. The molecule has 6 nitrogen and oxygen atoms in total. The molecule has 0 aliphatic carbocycles. The van der Waals surface area contributed by atoms with Crippen molar-refractivity contribution in [3.8, 4) is 0 Å². The van der Waals surface area contributed by atoms with E-state index >= 15 is 0 Å². The number of aromatic carboxylic acids is 1. The fraction of sp³-hybridized carbons (Fsp3) is 0.125. The van der Waals surface area contributed by atoms with E-state index < -0.39 is 29.4 Å². The number of carboxylic acids is 1. The van der Waals surface area contributed by atoms with Crippen LogP contribution in [0.25, 0.3) is 6.08 Å². The van der Waals surface area contributed by atoms with Gasteiger partial charge in [0.05, 0.1) is 5.56 Å². The minimum absolute atomic E-state index is 0.120. The minimum Gasteiger partial charge on any atom is -0.478 e. The maximum absolute atomic E-state index is 11.9. The molecule has 0 unspecified atom stereocenters. The lowest BCUT2D eigenvalue weighted by Gasteiger charge is -2.15. The highest BCUT2D eigenvalue weighted by atomic mass is 16.5. The Hall–Kier alpha value is -3.02. The zero-order valence-corrected chi connectivity index (χ0v) is 11.6. The zero-order chi connectivity index (χ0) is 16.3. The highest BCUT2D eigenvalue weighted by Crippen LogP contribution is 2.16. The van der Waals surface area contributed by atoms with Crippen molar-refractivity contribution in [3.63, 3.8) is 0 Å². The highest BCUT2D eigenvalue weighted by Gasteiger charge is 2.36. The van der Waals surface area contributed by atoms with Gasteiger partial charge in [0.15, 0.2) is 17.5 Å². The number of hydrogen-bond acceptors (Lipinski definition) is 5. The minimum atomic E-state index is -1.47. The number of benzene rings is 1. The van der Waals surface area contributed by atoms with E-state index in [2.05, 4.69) is 0 Å². The number of rotatable bonds is 4. The summed E-state index contributed by atoms with van der Waals surface area (Å²) in [6.07, 6.45) is 3.62. The van der Waals surface area contributed by atoms with Crippen LogP contribution in [0, 0.1) is 5.92 Å². The normalized spacial score (nSPS) is 18.0.